The first-order valence-electron chi connectivity index (χ1n) is 4.01. The Bertz CT molecular complexity index is 534. The van der Waals surface area contributed by atoms with E-state index in [9.17, 15) is 9.90 Å². The molecule has 2 heterocycles. The Morgan fingerprint density at radius 1 is 1.47 bits per heavy atom. The van der Waals surface area contributed by atoms with Crippen molar-refractivity contribution in [3.05, 3.63) is 6.33 Å². The second kappa shape index (κ2) is 3.08. The molecule has 8 heteroatoms. The molecule has 0 saturated heterocycles. The average Bonchev–Trinajstić information content (AvgIpc) is 2.48. The maximum Gasteiger partial charge on any atom is 0.224 e. The summed E-state index contributed by atoms with van der Waals surface area (Å²) in [6, 6.07) is 0. The number of imidazole rings is 1. The largest absolute Gasteiger partial charge is 0.548 e. The predicted molar refractivity (Wildman–Crippen MR) is 49.2 cm³/mol. The molecule has 0 aromatic carbocycles. The Morgan fingerprint density at radius 3 is 2.87 bits per heavy atom. The number of carbonyl (C=O) groups is 1. The van der Waals surface area contributed by atoms with Crippen LogP contribution in [-0.2, 0) is 11.3 Å². The first-order chi connectivity index (χ1) is 7.08. The SMILES string of the molecule is Nc1nc(N)c2ncn(CC(=O)[O-])c2n1. The van der Waals surface area contributed by atoms with Gasteiger partial charge in [-0.2, -0.15) is 9.97 Å². The lowest BCUT2D eigenvalue weighted by Gasteiger charge is -2.04. The summed E-state index contributed by atoms with van der Waals surface area (Å²) < 4.78 is 1.28. The van der Waals surface area contributed by atoms with Gasteiger partial charge in [-0.3, -0.25) is 0 Å². The highest BCUT2D eigenvalue weighted by atomic mass is 16.4. The fourth-order valence-electron chi connectivity index (χ4n) is 1.24. The molecule has 0 saturated carbocycles. The molecule has 0 spiro atoms. The van der Waals surface area contributed by atoms with E-state index in [0.717, 1.165) is 0 Å². The Kier molecular flexibility index (Phi) is 1.89. The van der Waals surface area contributed by atoms with Crippen LogP contribution in [0.15, 0.2) is 6.33 Å². The number of carboxylic acids is 1. The molecular weight excluding hydrogens is 200 g/mol. The molecule has 0 unspecified atom stereocenters. The van der Waals surface area contributed by atoms with Gasteiger partial charge in [0.1, 0.15) is 5.52 Å². The zero-order valence-corrected chi connectivity index (χ0v) is 7.54. The summed E-state index contributed by atoms with van der Waals surface area (Å²) in [5.74, 6) is -1.15. The third-order valence-electron chi connectivity index (χ3n) is 1.81. The molecule has 2 aromatic heterocycles. The van der Waals surface area contributed by atoms with Crippen LogP contribution in [0.25, 0.3) is 11.2 Å². The van der Waals surface area contributed by atoms with Crippen LogP contribution in [0.3, 0.4) is 0 Å². The number of carboxylic acid groups (broad SMARTS) is 1. The van der Waals surface area contributed by atoms with Crippen LogP contribution in [0.4, 0.5) is 11.8 Å². The third-order valence-corrected chi connectivity index (χ3v) is 1.81. The minimum atomic E-state index is -1.25. The molecule has 2 rings (SSSR count). The van der Waals surface area contributed by atoms with Gasteiger partial charge in [0.05, 0.1) is 18.8 Å². The summed E-state index contributed by atoms with van der Waals surface area (Å²) in [7, 11) is 0. The van der Waals surface area contributed by atoms with Crippen molar-refractivity contribution in [2.45, 2.75) is 6.54 Å². The van der Waals surface area contributed by atoms with Gasteiger partial charge in [-0.05, 0) is 0 Å². The highest BCUT2D eigenvalue weighted by Crippen LogP contribution is 2.16. The highest BCUT2D eigenvalue weighted by Gasteiger charge is 2.09. The number of aliphatic carboxylic acids is 1. The van der Waals surface area contributed by atoms with E-state index in [-0.39, 0.29) is 24.0 Å². The molecule has 0 fully saturated rings. The quantitative estimate of drug-likeness (QED) is 0.567. The van der Waals surface area contributed by atoms with Gasteiger partial charge in [0.2, 0.25) is 5.95 Å². The number of nitrogens with zero attached hydrogens (tertiary/aromatic N) is 4. The Labute approximate surface area is 83.6 Å². The van der Waals surface area contributed by atoms with Gasteiger partial charge in [0.15, 0.2) is 11.5 Å². The fraction of sp³-hybridized carbons (Fsp3) is 0.143. The normalized spacial score (nSPS) is 10.7. The monoisotopic (exact) mass is 207 g/mol. The number of anilines is 2. The number of hydrogen-bond donors (Lipinski definition) is 2. The van der Waals surface area contributed by atoms with Crippen LogP contribution in [0.1, 0.15) is 0 Å². The maximum absolute atomic E-state index is 10.4. The zero-order valence-electron chi connectivity index (χ0n) is 7.54. The van der Waals surface area contributed by atoms with Crippen LogP contribution in [0.2, 0.25) is 0 Å². The second-order valence-electron chi connectivity index (χ2n) is 2.88. The lowest BCUT2D eigenvalue weighted by molar-refractivity contribution is -0.306. The van der Waals surface area contributed by atoms with Crippen LogP contribution in [-0.4, -0.2) is 25.5 Å². The fourth-order valence-corrected chi connectivity index (χ4v) is 1.24. The van der Waals surface area contributed by atoms with Crippen molar-refractivity contribution in [3.8, 4) is 0 Å². The van der Waals surface area contributed by atoms with Gasteiger partial charge in [-0.1, -0.05) is 0 Å². The lowest BCUT2D eigenvalue weighted by atomic mass is 10.5. The first kappa shape index (κ1) is 9.19. The summed E-state index contributed by atoms with van der Waals surface area (Å²) in [4.78, 5) is 21.8. The molecule has 0 radical (unpaired) electrons. The summed E-state index contributed by atoms with van der Waals surface area (Å²) >= 11 is 0. The smallest absolute Gasteiger partial charge is 0.224 e. The molecule has 2 aromatic rings. The van der Waals surface area contributed by atoms with E-state index in [1.165, 1.54) is 10.9 Å². The van der Waals surface area contributed by atoms with E-state index in [4.69, 9.17) is 11.5 Å². The van der Waals surface area contributed by atoms with E-state index in [1.807, 2.05) is 0 Å². The number of carbonyl (C=O) groups excluding carboxylic acids is 1. The van der Waals surface area contributed by atoms with Crippen molar-refractivity contribution >= 4 is 28.9 Å². The van der Waals surface area contributed by atoms with E-state index in [1.54, 1.807) is 0 Å². The molecule has 78 valence electrons. The Hall–Kier alpha value is -2.38. The number of fused-ring (bicyclic) bond motifs is 1. The molecule has 4 N–H and O–H groups in total. The molecular formula is C7H7N6O2-. The van der Waals surface area contributed by atoms with Crippen molar-refractivity contribution in [1.82, 2.24) is 19.5 Å². The Morgan fingerprint density at radius 2 is 2.20 bits per heavy atom. The molecule has 0 aliphatic rings. The molecule has 0 aliphatic carbocycles. The third kappa shape index (κ3) is 1.52. The topological polar surface area (TPSA) is 136 Å². The minimum absolute atomic E-state index is 0.0277. The molecule has 0 aliphatic heterocycles. The van der Waals surface area contributed by atoms with Gasteiger partial charge in [0, 0.05) is 0 Å². The Balaban J connectivity index is 2.63. The molecule has 15 heavy (non-hydrogen) atoms. The van der Waals surface area contributed by atoms with E-state index >= 15 is 0 Å². The number of nitrogen functional groups attached to an aromatic ring is 2. The van der Waals surface area contributed by atoms with Crippen molar-refractivity contribution < 1.29 is 9.90 Å². The molecule has 0 amide bonds. The van der Waals surface area contributed by atoms with Gasteiger partial charge < -0.3 is 25.9 Å². The van der Waals surface area contributed by atoms with E-state index in [2.05, 4.69) is 15.0 Å². The first-order valence-corrected chi connectivity index (χ1v) is 4.01. The van der Waals surface area contributed by atoms with Crippen LogP contribution in [0.5, 0.6) is 0 Å². The van der Waals surface area contributed by atoms with Crippen molar-refractivity contribution in [2.75, 3.05) is 11.5 Å². The van der Waals surface area contributed by atoms with Gasteiger partial charge in [0.25, 0.3) is 0 Å². The van der Waals surface area contributed by atoms with Crippen LogP contribution < -0.4 is 16.6 Å². The summed E-state index contributed by atoms with van der Waals surface area (Å²) in [5.41, 5.74) is 11.5. The molecule has 8 nitrogen and oxygen atoms in total. The summed E-state index contributed by atoms with van der Waals surface area (Å²) in [5, 5.41) is 10.4. The lowest BCUT2D eigenvalue weighted by Crippen LogP contribution is -2.27. The highest BCUT2D eigenvalue weighted by molar-refractivity contribution is 5.83. The number of rotatable bonds is 2. The minimum Gasteiger partial charge on any atom is -0.548 e. The van der Waals surface area contributed by atoms with Crippen molar-refractivity contribution in [2.24, 2.45) is 0 Å². The average molecular weight is 207 g/mol. The maximum atomic E-state index is 10.4. The predicted octanol–water partition coefficient (Wildman–Crippen LogP) is -2.26. The van der Waals surface area contributed by atoms with E-state index in [0.29, 0.717) is 5.52 Å². The van der Waals surface area contributed by atoms with Gasteiger partial charge >= 0.3 is 0 Å². The second-order valence-corrected chi connectivity index (χ2v) is 2.88. The van der Waals surface area contributed by atoms with Crippen LogP contribution in [0, 0.1) is 0 Å². The summed E-state index contributed by atoms with van der Waals surface area (Å²) in [6.07, 6.45) is 1.30. The summed E-state index contributed by atoms with van der Waals surface area (Å²) in [6.45, 7) is -0.355. The standard InChI is InChI=1S/C7H8N6O2/c8-5-4-6(12-7(9)11-5)13(2-10-4)1-3(14)15/h2H,1H2,(H,14,15)(H4,8,9,11,12)/p-1. The molecule has 0 atom stereocenters. The van der Waals surface area contributed by atoms with Crippen LogP contribution >= 0.6 is 0 Å². The number of aromatic nitrogens is 4. The zero-order chi connectivity index (χ0) is 11.0. The number of nitrogens with two attached hydrogens (primary N) is 2. The number of hydrogen-bond acceptors (Lipinski definition) is 7. The van der Waals surface area contributed by atoms with Gasteiger partial charge in [-0.25, -0.2) is 4.98 Å². The molecule has 0 bridgehead atoms. The van der Waals surface area contributed by atoms with E-state index < -0.39 is 5.97 Å². The van der Waals surface area contributed by atoms with Crippen molar-refractivity contribution in [3.63, 3.8) is 0 Å². The van der Waals surface area contributed by atoms with Crippen molar-refractivity contribution in [1.29, 1.82) is 0 Å². The van der Waals surface area contributed by atoms with Gasteiger partial charge in [-0.15, -0.1) is 0 Å².